The molecule has 0 saturated heterocycles. The van der Waals surface area contributed by atoms with E-state index in [1.807, 2.05) is 12.1 Å². The van der Waals surface area contributed by atoms with Gasteiger partial charge in [0.2, 0.25) is 0 Å². The molecule has 0 spiro atoms. The maximum Gasteiger partial charge on any atom is 0.412 e. The minimum Gasteiger partial charge on any atom is -0.465 e. The van der Waals surface area contributed by atoms with E-state index in [1.165, 1.54) is 4.90 Å². The molecular formula is C26H23BrCl2N2O3. The maximum atomic E-state index is 13.1. The molecule has 1 aliphatic rings. The van der Waals surface area contributed by atoms with Gasteiger partial charge in [-0.05, 0) is 67.8 Å². The van der Waals surface area contributed by atoms with Gasteiger partial charge in [-0.3, -0.25) is 9.69 Å². The van der Waals surface area contributed by atoms with Crippen LogP contribution in [-0.2, 0) is 0 Å². The summed E-state index contributed by atoms with van der Waals surface area (Å²) in [6, 6.07) is 15.7. The van der Waals surface area contributed by atoms with Gasteiger partial charge in [-0.1, -0.05) is 64.1 Å². The zero-order valence-electron chi connectivity index (χ0n) is 18.4. The SMILES string of the molecule is Cc1c(Cl)cccc1C(=O)c1ccc(Nc2ccc(Br)cc2N(C(=O)O)C2CCCC2)cc1Cl. The Bertz CT molecular complexity index is 1260. The van der Waals surface area contributed by atoms with Crippen molar-refractivity contribution >= 4 is 68.1 Å². The van der Waals surface area contributed by atoms with E-state index in [0.717, 1.165) is 30.2 Å². The van der Waals surface area contributed by atoms with Gasteiger partial charge in [-0.2, -0.15) is 0 Å². The van der Waals surface area contributed by atoms with Gasteiger partial charge in [0.15, 0.2) is 5.78 Å². The molecule has 1 saturated carbocycles. The van der Waals surface area contributed by atoms with Crippen LogP contribution in [0.4, 0.5) is 21.9 Å². The molecule has 34 heavy (non-hydrogen) atoms. The molecule has 2 N–H and O–H groups in total. The van der Waals surface area contributed by atoms with Gasteiger partial charge in [-0.25, -0.2) is 4.79 Å². The average molecular weight is 562 g/mol. The van der Waals surface area contributed by atoms with Gasteiger partial charge in [0, 0.05) is 32.4 Å². The molecule has 0 bridgehead atoms. The first-order valence-electron chi connectivity index (χ1n) is 10.9. The second kappa shape index (κ2) is 10.4. The third kappa shape index (κ3) is 5.09. The van der Waals surface area contributed by atoms with Gasteiger partial charge >= 0.3 is 6.09 Å². The van der Waals surface area contributed by atoms with E-state index in [4.69, 9.17) is 23.2 Å². The Morgan fingerprint density at radius 3 is 2.41 bits per heavy atom. The molecule has 1 aliphatic carbocycles. The van der Waals surface area contributed by atoms with E-state index in [9.17, 15) is 14.7 Å². The third-order valence-electron chi connectivity index (χ3n) is 6.12. The van der Waals surface area contributed by atoms with Crippen LogP contribution in [0.25, 0.3) is 0 Å². The molecule has 4 rings (SSSR count). The van der Waals surface area contributed by atoms with Crippen molar-refractivity contribution < 1.29 is 14.7 Å². The molecule has 176 valence electrons. The number of carbonyl (C=O) groups is 2. The Morgan fingerprint density at radius 2 is 1.74 bits per heavy atom. The van der Waals surface area contributed by atoms with Crippen LogP contribution < -0.4 is 10.2 Å². The highest BCUT2D eigenvalue weighted by Gasteiger charge is 2.29. The van der Waals surface area contributed by atoms with Crippen LogP contribution in [0.15, 0.2) is 59.1 Å². The first-order valence-corrected chi connectivity index (χ1v) is 12.5. The van der Waals surface area contributed by atoms with Crippen molar-refractivity contribution in [3.8, 4) is 0 Å². The van der Waals surface area contributed by atoms with E-state index in [-0.39, 0.29) is 11.8 Å². The lowest BCUT2D eigenvalue weighted by atomic mass is 9.99. The summed E-state index contributed by atoms with van der Waals surface area (Å²) in [5.74, 6) is -0.209. The average Bonchev–Trinajstić information content (AvgIpc) is 3.31. The third-order valence-corrected chi connectivity index (χ3v) is 7.34. The summed E-state index contributed by atoms with van der Waals surface area (Å²) in [5.41, 5.74) is 3.42. The van der Waals surface area contributed by atoms with E-state index in [0.29, 0.717) is 43.8 Å². The molecule has 0 heterocycles. The number of nitrogens with zero attached hydrogens (tertiary/aromatic N) is 1. The Balaban J connectivity index is 1.65. The number of halogens is 3. The molecule has 3 aromatic rings. The van der Waals surface area contributed by atoms with E-state index < -0.39 is 6.09 Å². The van der Waals surface area contributed by atoms with Crippen molar-refractivity contribution in [3.05, 3.63) is 85.8 Å². The summed E-state index contributed by atoms with van der Waals surface area (Å²) in [5, 5.41) is 14.1. The lowest BCUT2D eigenvalue weighted by Crippen LogP contribution is -2.38. The number of carbonyl (C=O) groups excluding carboxylic acids is 1. The van der Waals surface area contributed by atoms with Gasteiger partial charge in [0.25, 0.3) is 0 Å². The smallest absolute Gasteiger partial charge is 0.412 e. The summed E-state index contributed by atoms with van der Waals surface area (Å²) in [4.78, 5) is 26.7. The quantitative estimate of drug-likeness (QED) is 0.296. The first-order chi connectivity index (χ1) is 16.3. The minimum absolute atomic E-state index is 0.0585. The molecule has 0 aromatic heterocycles. The number of ketones is 1. The van der Waals surface area contributed by atoms with Gasteiger partial charge in [0.1, 0.15) is 0 Å². The Kier molecular flexibility index (Phi) is 7.51. The minimum atomic E-state index is -0.982. The number of hydrogen-bond acceptors (Lipinski definition) is 3. The molecule has 0 aliphatic heterocycles. The Hall–Kier alpha value is -2.54. The standard InChI is InChI=1S/C26H23BrCl2N2O3/c1-15-19(7-4-8-21(15)28)25(32)20-11-10-17(14-22(20)29)30-23-12-9-16(27)13-24(23)31(26(33)34)18-5-2-3-6-18/h4,7-14,18,30H,2-3,5-6H2,1H3,(H,33,34). The second-order valence-corrected chi connectivity index (χ2v) is 10.0. The fraction of sp³-hybridized carbons (Fsp3) is 0.231. The lowest BCUT2D eigenvalue weighted by Gasteiger charge is -2.28. The fourth-order valence-corrected chi connectivity index (χ4v) is 5.15. The van der Waals surface area contributed by atoms with E-state index in [1.54, 1.807) is 49.4 Å². The summed E-state index contributed by atoms with van der Waals surface area (Å²) in [6.07, 6.45) is 2.72. The number of benzene rings is 3. The topological polar surface area (TPSA) is 69.6 Å². The maximum absolute atomic E-state index is 13.1. The predicted octanol–water partition coefficient (Wildman–Crippen LogP) is 8.47. The molecule has 0 atom stereocenters. The second-order valence-electron chi connectivity index (χ2n) is 8.31. The zero-order chi connectivity index (χ0) is 24.4. The first kappa shape index (κ1) is 24.6. The molecule has 1 fully saturated rings. The summed E-state index contributed by atoms with van der Waals surface area (Å²) in [7, 11) is 0. The van der Waals surface area contributed by atoms with Crippen molar-refractivity contribution in [1.29, 1.82) is 0 Å². The van der Waals surface area contributed by atoms with Crippen LogP contribution in [0.5, 0.6) is 0 Å². The Morgan fingerprint density at radius 1 is 1.00 bits per heavy atom. The van der Waals surface area contributed by atoms with Gasteiger partial charge < -0.3 is 10.4 Å². The number of anilines is 3. The van der Waals surface area contributed by atoms with Crippen molar-refractivity contribution in [2.45, 2.75) is 38.6 Å². The van der Waals surface area contributed by atoms with Crippen LogP contribution in [0.3, 0.4) is 0 Å². The number of carboxylic acid groups (broad SMARTS) is 1. The van der Waals surface area contributed by atoms with Crippen molar-refractivity contribution in [3.63, 3.8) is 0 Å². The molecule has 0 unspecified atom stereocenters. The van der Waals surface area contributed by atoms with Gasteiger partial charge in [0.05, 0.1) is 16.4 Å². The van der Waals surface area contributed by atoms with Crippen molar-refractivity contribution in [2.24, 2.45) is 0 Å². The van der Waals surface area contributed by atoms with Crippen molar-refractivity contribution in [2.75, 3.05) is 10.2 Å². The summed E-state index contributed by atoms with van der Waals surface area (Å²) >= 11 is 16.1. The molecular weight excluding hydrogens is 539 g/mol. The largest absolute Gasteiger partial charge is 0.465 e. The van der Waals surface area contributed by atoms with Gasteiger partial charge in [-0.15, -0.1) is 0 Å². The van der Waals surface area contributed by atoms with Crippen LogP contribution in [0, 0.1) is 6.92 Å². The summed E-state index contributed by atoms with van der Waals surface area (Å²) in [6.45, 7) is 1.80. The Labute approximate surface area is 216 Å². The predicted molar refractivity (Wildman–Crippen MR) is 141 cm³/mol. The molecule has 0 radical (unpaired) electrons. The zero-order valence-corrected chi connectivity index (χ0v) is 21.5. The van der Waals surface area contributed by atoms with Crippen LogP contribution in [-0.4, -0.2) is 23.0 Å². The number of amides is 1. The number of rotatable bonds is 6. The van der Waals surface area contributed by atoms with E-state index >= 15 is 0 Å². The highest BCUT2D eigenvalue weighted by Crippen LogP contribution is 2.37. The van der Waals surface area contributed by atoms with E-state index in [2.05, 4.69) is 21.2 Å². The molecule has 5 nitrogen and oxygen atoms in total. The highest BCUT2D eigenvalue weighted by atomic mass is 79.9. The lowest BCUT2D eigenvalue weighted by molar-refractivity contribution is 0.103. The monoisotopic (exact) mass is 560 g/mol. The normalized spacial score (nSPS) is 13.6. The fourth-order valence-electron chi connectivity index (χ4n) is 4.36. The van der Waals surface area contributed by atoms with Crippen molar-refractivity contribution in [1.82, 2.24) is 0 Å². The molecule has 3 aromatic carbocycles. The number of nitrogens with one attached hydrogen (secondary N) is 1. The molecule has 1 amide bonds. The summed E-state index contributed by atoms with van der Waals surface area (Å²) < 4.78 is 0.785. The van der Waals surface area contributed by atoms with Crippen LogP contribution >= 0.6 is 39.1 Å². The molecule has 8 heteroatoms. The van der Waals surface area contributed by atoms with Crippen LogP contribution in [0.1, 0.15) is 47.2 Å². The number of hydrogen-bond donors (Lipinski definition) is 2. The highest BCUT2D eigenvalue weighted by molar-refractivity contribution is 9.10. The van der Waals surface area contributed by atoms with Crippen LogP contribution in [0.2, 0.25) is 10.0 Å².